The van der Waals surface area contributed by atoms with Gasteiger partial charge >= 0.3 is 6.09 Å². The smallest absolute Gasteiger partial charge is 0.404 e. The first kappa shape index (κ1) is 11.3. The third-order valence-electron chi connectivity index (χ3n) is 2.29. The van der Waals surface area contributed by atoms with E-state index in [4.69, 9.17) is 10.5 Å². The van der Waals surface area contributed by atoms with Crippen molar-refractivity contribution in [1.82, 2.24) is 5.32 Å². The second-order valence-corrected chi connectivity index (χ2v) is 3.52. The molecule has 82 valence electrons. The van der Waals surface area contributed by atoms with Crippen LogP contribution >= 0.6 is 0 Å². The summed E-state index contributed by atoms with van der Waals surface area (Å²) in [6.07, 6.45) is 1.80. The van der Waals surface area contributed by atoms with Crippen LogP contribution in [0.1, 0.15) is 12.8 Å². The molecule has 0 bridgehead atoms. The highest BCUT2D eigenvalue weighted by Crippen LogP contribution is 2.32. The Morgan fingerprint density at radius 3 is 2.86 bits per heavy atom. The minimum Gasteiger partial charge on any atom is -0.448 e. The van der Waals surface area contributed by atoms with Gasteiger partial charge in [-0.1, -0.05) is 0 Å². The maximum atomic E-state index is 10.3. The van der Waals surface area contributed by atoms with Gasteiger partial charge in [0.05, 0.1) is 6.61 Å². The Morgan fingerprint density at radius 2 is 2.36 bits per heavy atom. The normalized spacial score (nSPS) is 17.8. The Bertz CT molecular complexity index is 183. The fourth-order valence-corrected chi connectivity index (χ4v) is 1.44. The molecule has 1 aliphatic rings. The van der Waals surface area contributed by atoms with Gasteiger partial charge in [-0.05, 0) is 18.8 Å². The minimum atomic E-state index is -0.721. The predicted molar refractivity (Wildman–Crippen MR) is 51.9 cm³/mol. The number of hydrogen-bond acceptors (Lipinski definition) is 4. The van der Waals surface area contributed by atoms with E-state index < -0.39 is 6.09 Å². The van der Waals surface area contributed by atoms with Crippen molar-refractivity contribution >= 4 is 6.09 Å². The Labute approximate surface area is 83.9 Å². The van der Waals surface area contributed by atoms with Gasteiger partial charge in [-0.15, -0.1) is 0 Å². The Morgan fingerprint density at radius 1 is 1.64 bits per heavy atom. The number of nitrogens with one attached hydrogen (secondary N) is 1. The molecule has 1 unspecified atom stereocenters. The van der Waals surface area contributed by atoms with Crippen LogP contribution in [0.15, 0.2) is 0 Å². The lowest BCUT2D eigenvalue weighted by atomic mass is 10.2. The zero-order valence-electron chi connectivity index (χ0n) is 8.49. The molecule has 0 saturated heterocycles. The van der Waals surface area contributed by atoms with Gasteiger partial charge in [-0.3, -0.25) is 0 Å². The van der Waals surface area contributed by atoms with Crippen LogP contribution in [-0.2, 0) is 9.47 Å². The molecule has 14 heavy (non-hydrogen) atoms. The standard InChI is InChI=1S/C9H18N2O3/c1-13-6-8(7-2-3-7)11-4-5-14-9(10)12/h7-8,11H,2-6H2,1H3,(H2,10,12). The maximum absolute atomic E-state index is 10.3. The first-order chi connectivity index (χ1) is 6.74. The van der Waals surface area contributed by atoms with E-state index in [0.29, 0.717) is 25.8 Å². The minimum absolute atomic E-state index is 0.322. The van der Waals surface area contributed by atoms with Crippen molar-refractivity contribution in [2.24, 2.45) is 11.7 Å². The van der Waals surface area contributed by atoms with Crippen LogP contribution in [0.5, 0.6) is 0 Å². The molecule has 1 atom stereocenters. The molecule has 5 nitrogen and oxygen atoms in total. The molecule has 0 aromatic carbocycles. The predicted octanol–water partition coefficient (Wildman–Crippen LogP) is 0.0963. The summed E-state index contributed by atoms with van der Waals surface area (Å²) < 4.78 is 9.69. The summed E-state index contributed by atoms with van der Waals surface area (Å²) in [7, 11) is 1.69. The molecule has 3 N–H and O–H groups in total. The Kier molecular flexibility index (Phi) is 4.69. The zero-order valence-corrected chi connectivity index (χ0v) is 8.49. The van der Waals surface area contributed by atoms with E-state index in [-0.39, 0.29) is 0 Å². The molecule has 5 heteroatoms. The van der Waals surface area contributed by atoms with E-state index in [0.717, 1.165) is 5.92 Å². The van der Waals surface area contributed by atoms with Gasteiger partial charge in [0.2, 0.25) is 0 Å². The van der Waals surface area contributed by atoms with E-state index in [1.54, 1.807) is 7.11 Å². The van der Waals surface area contributed by atoms with Gasteiger partial charge < -0.3 is 20.5 Å². The quantitative estimate of drug-likeness (QED) is 0.574. The molecule has 0 radical (unpaired) electrons. The lowest BCUT2D eigenvalue weighted by Gasteiger charge is -2.16. The summed E-state index contributed by atoms with van der Waals surface area (Å²) in [4.78, 5) is 10.3. The highest BCUT2D eigenvalue weighted by Gasteiger charge is 2.30. The third kappa shape index (κ3) is 4.43. The topological polar surface area (TPSA) is 73.6 Å². The summed E-state index contributed by atoms with van der Waals surface area (Å²) in [6.45, 7) is 1.66. The number of amides is 1. The van der Waals surface area contributed by atoms with Crippen LogP contribution in [-0.4, -0.2) is 39.0 Å². The molecule has 0 spiro atoms. The molecule has 0 aliphatic heterocycles. The number of hydrogen-bond donors (Lipinski definition) is 2. The van der Waals surface area contributed by atoms with Gasteiger partial charge in [-0.25, -0.2) is 4.79 Å². The van der Waals surface area contributed by atoms with Gasteiger partial charge in [0.15, 0.2) is 0 Å². The highest BCUT2D eigenvalue weighted by atomic mass is 16.5. The molecule has 1 rings (SSSR count). The van der Waals surface area contributed by atoms with Crippen LogP contribution in [0.4, 0.5) is 4.79 Å². The van der Waals surface area contributed by atoms with Crippen molar-refractivity contribution in [3.8, 4) is 0 Å². The number of primary amides is 1. The fraction of sp³-hybridized carbons (Fsp3) is 0.889. The molecule has 0 aromatic heterocycles. The van der Waals surface area contributed by atoms with Gasteiger partial charge in [0.25, 0.3) is 0 Å². The van der Waals surface area contributed by atoms with Crippen LogP contribution in [0.2, 0.25) is 0 Å². The summed E-state index contributed by atoms with van der Waals surface area (Å²) >= 11 is 0. The van der Waals surface area contributed by atoms with Gasteiger partial charge in [0.1, 0.15) is 6.61 Å². The second-order valence-electron chi connectivity index (χ2n) is 3.52. The molecule has 1 amide bonds. The first-order valence-corrected chi connectivity index (χ1v) is 4.88. The number of carbonyl (C=O) groups excluding carboxylic acids is 1. The van der Waals surface area contributed by atoms with Crippen molar-refractivity contribution in [1.29, 1.82) is 0 Å². The van der Waals surface area contributed by atoms with E-state index in [9.17, 15) is 4.79 Å². The van der Waals surface area contributed by atoms with Crippen molar-refractivity contribution < 1.29 is 14.3 Å². The van der Waals surface area contributed by atoms with Gasteiger partial charge in [-0.2, -0.15) is 0 Å². The Hall–Kier alpha value is -0.810. The molecular formula is C9H18N2O3. The third-order valence-corrected chi connectivity index (χ3v) is 2.29. The van der Waals surface area contributed by atoms with Gasteiger partial charge in [0, 0.05) is 19.7 Å². The first-order valence-electron chi connectivity index (χ1n) is 4.88. The average Bonchev–Trinajstić information content (AvgIpc) is 2.93. The van der Waals surface area contributed by atoms with E-state index >= 15 is 0 Å². The molecule has 0 aromatic rings. The largest absolute Gasteiger partial charge is 0.448 e. The number of methoxy groups -OCH3 is 1. The number of carbonyl (C=O) groups is 1. The summed E-state index contributed by atoms with van der Waals surface area (Å²) in [6, 6.07) is 0.386. The number of ether oxygens (including phenoxy) is 2. The van der Waals surface area contributed by atoms with E-state index in [2.05, 4.69) is 10.1 Å². The van der Waals surface area contributed by atoms with Crippen LogP contribution in [0.3, 0.4) is 0 Å². The molecule has 1 saturated carbocycles. The SMILES string of the molecule is COCC(NCCOC(N)=O)C1CC1. The lowest BCUT2D eigenvalue weighted by Crippen LogP contribution is -2.37. The average molecular weight is 202 g/mol. The molecular weight excluding hydrogens is 184 g/mol. The van der Waals surface area contributed by atoms with E-state index in [1.807, 2.05) is 0 Å². The molecule has 1 aliphatic carbocycles. The summed E-state index contributed by atoms with van der Waals surface area (Å²) in [5, 5.41) is 3.28. The van der Waals surface area contributed by atoms with Crippen molar-refractivity contribution in [3.63, 3.8) is 0 Å². The van der Waals surface area contributed by atoms with Crippen LogP contribution in [0, 0.1) is 5.92 Å². The second kappa shape index (κ2) is 5.82. The monoisotopic (exact) mass is 202 g/mol. The van der Waals surface area contributed by atoms with Crippen molar-refractivity contribution in [2.75, 3.05) is 26.9 Å². The summed E-state index contributed by atoms with van der Waals surface area (Å²) in [5.74, 6) is 0.725. The van der Waals surface area contributed by atoms with Crippen LogP contribution < -0.4 is 11.1 Å². The Balaban J connectivity index is 2.04. The number of nitrogens with two attached hydrogens (primary N) is 1. The fourth-order valence-electron chi connectivity index (χ4n) is 1.44. The lowest BCUT2D eigenvalue weighted by molar-refractivity contribution is 0.140. The van der Waals surface area contributed by atoms with Crippen LogP contribution in [0.25, 0.3) is 0 Å². The summed E-state index contributed by atoms with van der Waals surface area (Å²) in [5.41, 5.74) is 4.83. The van der Waals surface area contributed by atoms with Crippen molar-refractivity contribution in [3.05, 3.63) is 0 Å². The zero-order chi connectivity index (χ0) is 10.4. The van der Waals surface area contributed by atoms with Crippen molar-refractivity contribution in [2.45, 2.75) is 18.9 Å². The maximum Gasteiger partial charge on any atom is 0.404 e. The molecule has 1 fully saturated rings. The highest BCUT2D eigenvalue weighted by molar-refractivity contribution is 5.64. The molecule has 0 heterocycles. The number of rotatable bonds is 7. The van der Waals surface area contributed by atoms with E-state index in [1.165, 1.54) is 12.8 Å².